The third kappa shape index (κ3) is 2.32. The van der Waals surface area contributed by atoms with Gasteiger partial charge in [0.25, 0.3) is 0 Å². The van der Waals surface area contributed by atoms with Crippen molar-refractivity contribution in [3.63, 3.8) is 0 Å². The highest BCUT2D eigenvalue weighted by Gasteiger charge is 2.15. The smallest absolute Gasteiger partial charge is 0.358 e. The van der Waals surface area contributed by atoms with Crippen LogP contribution in [0.5, 0.6) is 5.75 Å². The van der Waals surface area contributed by atoms with E-state index in [-0.39, 0.29) is 5.69 Å². The first kappa shape index (κ1) is 12.1. The lowest BCUT2D eigenvalue weighted by Crippen LogP contribution is -2.06. The summed E-state index contributed by atoms with van der Waals surface area (Å²) in [6.45, 7) is 2.15. The Hall–Kier alpha value is -2.37. The van der Waals surface area contributed by atoms with Crippen molar-refractivity contribution in [2.75, 3.05) is 7.11 Å². The number of hydrogen-bond donors (Lipinski definition) is 1. The van der Waals surface area contributed by atoms with Gasteiger partial charge in [0.2, 0.25) is 0 Å². The number of aromatic carboxylic acids is 1. The molecule has 0 aliphatic rings. The number of aromatic nitrogens is 3. The lowest BCUT2D eigenvalue weighted by molar-refractivity contribution is 0.0689. The molecule has 0 saturated carbocycles. The van der Waals surface area contributed by atoms with E-state index in [1.54, 1.807) is 18.7 Å². The molecule has 6 heteroatoms. The monoisotopic (exact) mass is 247 g/mol. The molecule has 18 heavy (non-hydrogen) atoms. The van der Waals surface area contributed by atoms with Crippen molar-refractivity contribution in [2.45, 2.75) is 13.5 Å². The van der Waals surface area contributed by atoms with Crippen LogP contribution in [0, 0.1) is 6.92 Å². The molecule has 2 aromatic rings. The lowest BCUT2D eigenvalue weighted by Gasteiger charge is -2.05. The first-order chi connectivity index (χ1) is 8.61. The number of hydrogen-bond acceptors (Lipinski definition) is 4. The van der Waals surface area contributed by atoms with Crippen LogP contribution in [0.4, 0.5) is 0 Å². The Balaban J connectivity index is 2.26. The van der Waals surface area contributed by atoms with E-state index < -0.39 is 5.97 Å². The summed E-state index contributed by atoms with van der Waals surface area (Å²) in [6.07, 6.45) is 0. The summed E-state index contributed by atoms with van der Waals surface area (Å²) in [6, 6.07) is 7.52. The van der Waals surface area contributed by atoms with Crippen LogP contribution in [0.15, 0.2) is 24.3 Å². The third-order valence-electron chi connectivity index (χ3n) is 2.65. The van der Waals surface area contributed by atoms with Crippen molar-refractivity contribution >= 4 is 5.97 Å². The van der Waals surface area contributed by atoms with Gasteiger partial charge in [0, 0.05) is 0 Å². The van der Waals surface area contributed by atoms with E-state index in [4.69, 9.17) is 9.84 Å². The Bertz CT molecular complexity index is 578. The van der Waals surface area contributed by atoms with Crippen LogP contribution in [0.1, 0.15) is 21.7 Å². The number of ether oxygens (including phenoxy) is 1. The normalized spacial score (nSPS) is 10.3. The van der Waals surface area contributed by atoms with E-state index in [0.29, 0.717) is 12.2 Å². The molecule has 0 bridgehead atoms. The summed E-state index contributed by atoms with van der Waals surface area (Å²) < 4.78 is 6.68. The highest BCUT2D eigenvalue weighted by molar-refractivity contribution is 5.86. The molecule has 1 aromatic heterocycles. The molecular weight excluding hydrogens is 234 g/mol. The van der Waals surface area contributed by atoms with Crippen LogP contribution in [0.2, 0.25) is 0 Å². The van der Waals surface area contributed by atoms with Crippen LogP contribution in [0.3, 0.4) is 0 Å². The Morgan fingerprint density at radius 2 is 2.28 bits per heavy atom. The second-order valence-electron chi connectivity index (χ2n) is 3.84. The number of rotatable bonds is 4. The van der Waals surface area contributed by atoms with E-state index in [2.05, 4.69) is 10.3 Å². The molecule has 0 unspecified atom stereocenters. The van der Waals surface area contributed by atoms with Gasteiger partial charge in [0.05, 0.1) is 19.3 Å². The minimum absolute atomic E-state index is 0.0158. The summed E-state index contributed by atoms with van der Waals surface area (Å²) >= 11 is 0. The van der Waals surface area contributed by atoms with Gasteiger partial charge in [-0.2, -0.15) is 0 Å². The van der Waals surface area contributed by atoms with Crippen molar-refractivity contribution < 1.29 is 14.6 Å². The maximum atomic E-state index is 10.9. The molecule has 0 amide bonds. The van der Waals surface area contributed by atoms with Gasteiger partial charge >= 0.3 is 5.97 Å². The quantitative estimate of drug-likeness (QED) is 0.882. The second-order valence-corrected chi connectivity index (χ2v) is 3.84. The minimum atomic E-state index is -1.07. The van der Waals surface area contributed by atoms with Gasteiger partial charge in [-0.3, -0.25) is 0 Å². The summed E-state index contributed by atoms with van der Waals surface area (Å²) in [5, 5.41) is 16.4. The van der Waals surface area contributed by atoms with Crippen molar-refractivity contribution in [3.8, 4) is 5.75 Å². The zero-order valence-corrected chi connectivity index (χ0v) is 10.1. The molecule has 0 spiro atoms. The van der Waals surface area contributed by atoms with Crippen LogP contribution >= 0.6 is 0 Å². The lowest BCUT2D eigenvalue weighted by atomic mass is 10.2. The summed E-state index contributed by atoms with van der Waals surface area (Å²) in [4.78, 5) is 10.9. The average molecular weight is 247 g/mol. The molecule has 0 aliphatic carbocycles. The fourth-order valence-corrected chi connectivity index (χ4v) is 1.65. The van der Waals surface area contributed by atoms with Crippen molar-refractivity contribution in [2.24, 2.45) is 0 Å². The molecule has 0 fully saturated rings. The van der Waals surface area contributed by atoms with E-state index in [9.17, 15) is 4.79 Å². The van der Waals surface area contributed by atoms with Crippen LogP contribution in [0.25, 0.3) is 0 Å². The molecular formula is C12H13N3O3. The Kier molecular flexibility index (Phi) is 3.27. The average Bonchev–Trinajstić information content (AvgIpc) is 2.71. The summed E-state index contributed by atoms with van der Waals surface area (Å²) in [5.74, 6) is -0.312. The maximum Gasteiger partial charge on any atom is 0.358 e. The molecule has 1 N–H and O–H groups in total. The first-order valence-electron chi connectivity index (χ1n) is 5.38. The van der Waals surface area contributed by atoms with Crippen molar-refractivity contribution in [3.05, 3.63) is 41.2 Å². The van der Waals surface area contributed by atoms with E-state index >= 15 is 0 Å². The standard InChI is InChI=1S/C12H13N3O3/c1-8-11(12(16)17)13-14-15(8)7-9-4-3-5-10(6-9)18-2/h3-6H,7H2,1-2H3,(H,16,17). The van der Waals surface area contributed by atoms with Gasteiger partial charge in [-0.05, 0) is 24.6 Å². The largest absolute Gasteiger partial charge is 0.497 e. The van der Waals surface area contributed by atoms with E-state index in [1.807, 2.05) is 24.3 Å². The molecule has 0 atom stereocenters. The third-order valence-corrected chi connectivity index (χ3v) is 2.65. The molecule has 0 aliphatic heterocycles. The Morgan fingerprint density at radius 3 is 2.89 bits per heavy atom. The van der Waals surface area contributed by atoms with Gasteiger partial charge in [-0.25, -0.2) is 9.48 Å². The van der Waals surface area contributed by atoms with Crippen LogP contribution in [-0.2, 0) is 6.54 Å². The predicted octanol–water partition coefficient (Wildman–Crippen LogP) is 1.34. The SMILES string of the molecule is COc1cccc(Cn2nnc(C(=O)O)c2C)c1. The highest BCUT2D eigenvalue weighted by Crippen LogP contribution is 2.14. The molecule has 0 radical (unpaired) electrons. The molecule has 1 aromatic carbocycles. The molecule has 2 rings (SSSR count). The number of methoxy groups -OCH3 is 1. The van der Waals surface area contributed by atoms with Gasteiger partial charge in [0.1, 0.15) is 5.75 Å². The minimum Gasteiger partial charge on any atom is -0.497 e. The fourth-order valence-electron chi connectivity index (χ4n) is 1.65. The fraction of sp³-hybridized carbons (Fsp3) is 0.250. The zero-order valence-electron chi connectivity index (χ0n) is 10.1. The molecule has 0 saturated heterocycles. The van der Waals surface area contributed by atoms with Gasteiger partial charge < -0.3 is 9.84 Å². The first-order valence-corrected chi connectivity index (χ1v) is 5.38. The van der Waals surface area contributed by atoms with E-state index in [0.717, 1.165) is 11.3 Å². The number of carboxylic acids is 1. The second kappa shape index (κ2) is 4.87. The van der Waals surface area contributed by atoms with Gasteiger partial charge in [0.15, 0.2) is 5.69 Å². The Labute approximate surface area is 104 Å². The predicted molar refractivity (Wildman–Crippen MR) is 63.8 cm³/mol. The number of nitrogens with zero attached hydrogens (tertiary/aromatic N) is 3. The summed E-state index contributed by atoms with van der Waals surface area (Å²) in [7, 11) is 1.60. The number of carbonyl (C=O) groups is 1. The van der Waals surface area contributed by atoms with Crippen molar-refractivity contribution in [1.29, 1.82) is 0 Å². The zero-order chi connectivity index (χ0) is 13.1. The Morgan fingerprint density at radius 1 is 1.50 bits per heavy atom. The number of benzene rings is 1. The van der Waals surface area contributed by atoms with E-state index in [1.165, 1.54) is 0 Å². The van der Waals surface area contributed by atoms with Gasteiger partial charge in [-0.15, -0.1) is 5.10 Å². The topological polar surface area (TPSA) is 77.2 Å². The molecule has 6 nitrogen and oxygen atoms in total. The van der Waals surface area contributed by atoms with Crippen LogP contribution in [-0.4, -0.2) is 33.2 Å². The van der Waals surface area contributed by atoms with Crippen molar-refractivity contribution in [1.82, 2.24) is 15.0 Å². The summed E-state index contributed by atoms with van der Waals surface area (Å²) in [5.41, 5.74) is 1.49. The molecule has 1 heterocycles. The maximum absolute atomic E-state index is 10.9. The van der Waals surface area contributed by atoms with Crippen LogP contribution < -0.4 is 4.74 Å². The molecule has 94 valence electrons. The number of carboxylic acid groups (broad SMARTS) is 1. The van der Waals surface area contributed by atoms with Gasteiger partial charge in [-0.1, -0.05) is 17.3 Å². The highest BCUT2D eigenvalue weighted by atomic mass is 16.5.